The Morgan fingerprint density at radius 1 is 0.923 bits per heavy atom. The highest BCUT2D eigenvalue weighted by atomic mass is 32.2. The van der Waals surface area contributed by atoms with E-state index in [0.717, 1.165) is 15.4 Å². The van der Waals surface area contributed by atoms with Crippen molar-refractivity contribution >= 4 is 27.5 Å². The molecule has 3 rings (SSSR count). The van der Waals surface area contributed by atoms with Crippen molar-refractivity contribution in [2.45, 2.75) is 45.2 Å². The van der Waals surface area contributed by atoms with Crippen LogP contribution in [-0.4, -0.2) is 51.4 Å². The minimum Gasteiger partial charge on any atom is -0.497 e. The molecule has 0 aliphatic heterocycles. The van der Waals surface area contributed by atoms with E-state index in [2.05, 4.69) is 5.32 Å². The normalized spacial score (nSPS) is 12.1. The molecule has 0 aromatic heterocycles. The molecule has 9 heteroatoms. The van der Waals surface area contributed by atoms with Crippen LogP contribution in [0.25, 0.3) is 0 Å². The minimum absolute atomic E-state index is 0.0565. The van der Waals surface area contributed by atoms with Gasteiger partial charge in [-0.2, -0.15) is 0 Å². The predicted octanol–water partition coefficient (Wildman–Crippen LogP) is 4.39. The molecular weight excluding hydrogens is 514 g/mol. The van der Waals surface area contributed by atoms with Crippen LogP contribution in [0.4, 0.5) is 5.69 Å². The summed E-state index contributed by atoms with van der Waals surface area (Å²) in [5.74, 6) is -0.124. The van der Waals surface area contributed by atoms with E-state index in [-0.39, 0.29) is 29.0 Å². The molecule has 3 aromatic rings. The highest BCUT2D eigenvalue weighted by Crippen LogP contribution is 2.28. The first-order chi connectivity index (χ1) is 18.5. The summed E-state index contributed by atoms with van der Waals surface area (Å²) in [4.78, 5) is 28.4. The van der Waals surface area contributed by atoms with E-state index in [9.17, 15) is 18.0 Å². The van der Waals surface area contributed by atoms with Crippen molar-refractivity contribution in [3.63, 3.8) is 0 Å². The average molecular weight is 552 g/mol. The van der Waals surface area contributed by atoms with Gasteiger partial charge >= 0.3 is 0 Å². The van der Waals surface area contributed by atoms with Crippen molar-refractivity contribution in [1.82, 2.24) is 10.2 Å². The lowest BCUT2D eigenvalue weighted by atomic mass is 10.1. The standard InChI is InChI=1S/C30H37N3O5S/c1-22(2)19-31-30(35)24(4)32(20-25-10-7-6-8-11-25)29(34)21-33(26-12-9-13-27(18-26)38-5)39(36,37)28-16-14-23(3)15-17-28/h6-18,22,24H,19-21H2,1-5H3,(H,31,35). The van der Waals surface area contributed by atoms with Gasteiger partial charge in [-0.05, 0) is 49.6 Å². The Morgan fingerprint density at radius 3 is 2.21 bits per heavy atom. The highest BCUT2D eigenvalue weighted by Gasteiger charge is 2.32. The molecule has 208 valence electrons. The van der Waals surface area contributed by atoms with E-state index in [1.807, 2.05) is 51.1 Å². The summed E-state index contributed by atoms with van der Waals surface area (Å²) in [6.07, 6.45) is 0. The number of anilines is 1. The number of aryl methyl sites for hydroxylation is 1. The monoisotopic (exact) mass is 551 g/mol. The SMILES string of the molecule is COc1cccc(N(CC(=O)N(Cc2ccccc2)C(C)C(=O)NCC(C)C)S(=O)(=O)c2ccc(C)cc2)c1. The molecule has 8 nitrogen and oxygen atoms in total. The van der Waals surface area contributed by atoms with Gasteiger partial charge in [0, 0.05) is 19.2 Å². The molecule has 0 aliphatic rings. The van der Waals surface area contributed by atoms with Crippen molar-refractivity contribution in [3.05, 3.63) is 90.0 Å². The van der Waals surface area contributed by atoms with Gasteiger partial charge in [-0.3, -0.25) is 13.9 Å². The first-order valence-corrected chi connectivity index (χ1v) is 14.3. The van der Waals surface area contributed by atoms with Gasteiger partial charge in [0.05, 0.1) is 17.7 Å². The maximum Gasteiger partial charge on any atom is 0.264 e. The second-order valence-electron chi connectivity index (χ2n) is 9.85. The number of hydrogen-bond acceptors (Lipinski definition) is 5. The van der Waals surface area contributed by atoms with E-state index >= 15 is 0 Å². The number of ether oxygens (including phenoxy) is 1. The number of rotatable bonds is 12. The molecule has 0 heterocycles. The number of methoxy groups -OCH3 is 1. The number of benzene rings is 3. The highest BCUT2D eigenvalue weighted by molar-refractivity contribution is 7.92. The summed E-state index contributed by atoms with van der Waals surface area (Å²) in [6.45, 7) is 7.60. The lowest BCUT2D eigenvalue weighted by molar-refractivity contribution is -0.139. The zero-order chi connectivity index (χ0) is 28.6. The summed E-state index contributed by atoms with van der Waals surface area (Å²) >= 11 is 0. The molecule has 0 radical (unpaired) electrons. The van der Waals surface area contributed by atoms with Crippen molar-refractivity contribution in [2.24, 2.45) is 5.92 Å². The molecule has 1 atom stereocenters. The molecule has 1 N–H and O–H groups in total. The molecule has 0 fully saturated rings. The zero-order valence-corrected chi connectivity index (χ0v) is 23.9. The summed E-state index contributed by atoms with van der Waals surface area (Å²) in [7, 11) is -2.65. The quantitative estimate of drug-likeness (QED) is 0.360. The zero-order valence-electron chi connectivity index (χ0n) is 23.1. The number of nitrogens with one attached hydrogen (secondary N) is 1. The third-order valence-corrected chi connectivity index (χ3v) is 8.06. The largest absolute Gasteiger partial charge is 0.497 e. The van der Waals surface area contributed by atoms with E-state index in [1.165, 1.54) is 24.1 Å². The van der Waals surface area contributed by atoms with Gasteiger partial charge < -0.3 is 15.0 Å². The second-order valence-corrected chi connectivity index (χ2v) is 11.7. The van der Waals surface area contributed by atoms with Crippen molar-refractivity contribution in [2.75, 3.05) is 24.5 Å². The molecule has 0 aliphatic carbocycles. The van der Waals surface area contributed by atoms with Crippen LogP contribution in [0.3, 0.4) is 0 Å². The smallest absolute Gasteiger partial charge is 0.264 e. The van der Waals surface area contributed by atoms with Crippen molar-refractivity contribution in [1.29, 1.82) is 0 Å². The Bertz CT molecular complexity index is 1360. The van der Waals surface area contributed by atoms with Crippen LogP contribution in [0.5, 0.6) is 5.75 Å². The number of carbonyl (C=O) groups excluding carboxylic acids is 2. The van der Waals surface area contributed by atoms with Gasteiger partial charge in [-0.1, -0.05) is 67.9 Å². The van der Waals surface area contributed by atoms with Gasteiger partial charge in [-0.15, -0.1) is 0 Å². The number of carbonyl (C=O) groups is 2. The number of nitrogens with zero attached hydrogens (tertiary/aromatic N) is 2. The molecule has 3 aromatic carbocycles. The fourth-order valence-corrected chi connectivity index (χ4v) is 5.35. The van der Waals surface area contributed by atoms with Crippen LogP contribution >= 0.6 is 0 Å². The summed E-state index contributed by atoms with van der Waals surface area (Å²) in [5.41, 5.74) is 2.01. The molecule has 0 bridgehead atoms. The lowest BCUT2D eigenvalue weighted by Gasteiger charge is -2.32. The van der Waals surface area contributed by atoms with E-state index < -0.39 is 28.5 Å². The molecular formula is C30H37N3O5S. The fourth-order valence-electron chi connectivity index (χ4n) is 3.95. The van der Waals surface area contributed by atoms with Crippen LogP contribution in [0.1, 0.15) is 31.9 Å². The molecule has 0 saturated carbocycles. The summed E-state index contributed by atoms with van der Waals surface area (Å²) in [6, 6.07) is 21.5. The number of hydrogen-bond donors (Lipinski definition) is 1. The van der Waals surface area contributed by atoms with Crippen LogP contribution in [-0.2, 0) is 26.2 Å². The maximum atomic E-state index is 13.9. The molecule has 0 spiro atoms. The molecule has 39 heavy (non-hydrogen) atoms. The van der Waals surface area contributed by atoms with Gasteiger partial charge in [0.25, 0.3) is 10.0 Å². The number of amides is 2. The maximum absolute atomic E-state index is 13.9. The Labute approximate surface area is 231 Å². The van der Waals surface area contributed by atoms with Crippen LogP contribution < -0.4 is 14.4 Å². The molecule has 1 unspecified atom stereocenters. The van der Waals surface area contributed by atoms with E-state index in [0.29, 0.717) is 12.3 Å². The predicted molar refractivity (Wildman–Crippen MR) is 153 cm³/mol. The van der Waals surface area contributed by atoms with Crippen LogP contribution in [0, 0.1) is 12.8 Å². The Kier molecular flexibility index (Phi) is 10.1. The topological polar surface area (TPSA) is 96.0 Å². The van der Waals surface area contributed by atoms with E-state index in [1.54, 1.807) is 43.3 Å². The molecule has 0 saturated heterocycles. The van der Waals surface area contributed by atoms with Gasteiger partial charge in [0.15, 0.2) is 0 Å². The van der Waals surface area contributed by atoms with Crippen LogP contribution in [0.2, 0.25) is 0 Å². The summed E-state index contributed by atoms with van der Waals surface area (Å²) < 4.78 is 34.1. The average Bonchev–Trinajstić information content (AvgIpc) is 2.93. The van der Waals surface area contributed by atoms with Gasteiger partial charge in [-0.25, -0.2) is 8.42 Å². The van der Waals surface area contributed by atoms with Crippen molar-refractivity contribution in [3.8, 4) is 5.75 Å². The van der Waals surface area contributed by atoms with Crippen molar-refractivity contribution < 1.29 is 22.7 Å². The first kappa shape index (κ1) is 29.7. The minimum atomic E-state index is -4.13. The molecule has 2 amide bonds. The van der Waals surface area contributed by atoms with Gasteiger partial charge in [0.2, 0.25) is 11.8 Å². The lowest BCUT2D eigenvalue weighted by Crippen LogP contribution is -2.51. The van der Waals surface area contributed by atoms with Crippen LogP contribution in [0.15, 0.2) is 83.8 Å². The second kappa shape index (κ2) is 13.3. The first-order valence-electron chi connectivity index (χ1n) is 12.9. The summed E-state index contributed by atoms with van der Waals surface area (Å²) in [5, 5.41) is 2.88. The Morgan fingerprint density at radius 2 is 1.59 bits per heavy atom. The third-order valence-electron chi connectivity index (χ3n) is 6.28. The number of sulfonamides is 1. The fraction of sp³-hybridized carbons (Fsp3) is 0.333. The third kappa shape index (κ3) is 7.83. The Balaban J connectivity index is 2.02. The van der Waals surface area contributed by atoms with Gasteiger partial charge in [0.1, 0.15) is 18.3 Å². The Hall–Kier alpha value is -3.85. The van der Waals surface area contributed by atoms with E-state index in [4.69, 9.17) is 4.74 Å².